The number of hydrogen-bond acceptors (Lipinski definition) is 3. The maximum atomic E-state index is 9.69. The van der Waals surface area contributed by atoms with Crippen molar-refractivity contribution >= 4 is 11.6 Å². The molecule has 0 saturated heterocycles. The first-order valence-corrected chi connectivity index (χ1v) is 6.07. The zero-order valence-corrected chi connectivity index (χ0v) is 10.6. The van der Waals surface area contributed by atoms with Crippen molar-refractivity contribution in [3.05, 3.63) is 59.0 Å². The summed E-state index contributed by atoms with van der Waals surface area (Å²) in [4.78, 5) is 0. The molecule has 0 aliphatic heterocycles. The zero-order valence-electron chi connectivity index (χ0n) is 9.84. The van der Waals surface area contributed by atoms with Crippen molar-refractivity contribution in [3.8, 4) is 0 Å². The molecule has 0 fully saturated rings. The monoisotopic (exact) mass is 266 g/mol. The van der Waals surface area contributed by atoms with Crippen molar-refractivity contribution in [2.75, 3.05) is 13.2 Å². The van der Waals surface area contributed by atoms with Crippen LogP contribution < -0.4 is 0 Å². The Balaban J connectivity index is 2.37. The maximum Gasteiger partial charge on any atom is 0.0934 e. The normalized spacial score (nSPS) is 11.7. The van der Waals surface area contributed by atoms with Crippen molar-refractivity contribution in [3.63, 3.8) is 0 Å². The lowest BCUT2D eigenvalue weighted by atomic mass is 9.77. The van der Waals surface area contributed by atoms with E-state index in [9.17, 15) is 10.2 Å². The van der Waals surface area contributed by atoms with Gasteiger partial charge in [0.1, 0.15) is 0 Å². The van der Waals surface area contributed by atoms with Gasteiger partial charge >= 0.3 is 0 Å². The van der Waals surface area contributed by atoms with Gasteiger partial charge in [-0.05, 0) is 35.7 Å². The summed E-state index contributed by atoms with van der Waals surface area (Å²) >= 11 is 5.96. The van der Waals surface area contributed by atoms with Crippen LogP contribution in [0.1, 0.15) is 11.1 Å². The van der Waals surface area contributed by atoms with Gasteiger partial charge in [0.25, 0.3) is 0 Å². The molecular weight excluding hydrogens is 252 g/mol. The fraction of sp³-hybridized carbons (Fsp3) is 0.286. The second-order valence-corrected chi connectivity index (χ2v) is 4.85. The third-order valence-corrected chi connectivity index (χ3v) is 3.40. The highest BCUT2D eigenvalue weighted by Gasteiger charge is 2.31. The van der Waals surface area contributed by atoms with Crippen molar-refractivity contribution in [1.82, 2.24) is 0 Å². The molecule has 0 unspecified atom stereocenters. The van der Waals surface area contributed by atoms with Gasteiger partial charge in [0, 0.05) is 10.4 Å². The molecule has 0 bridgehead atoms. The number of hydrogen-bond donors (Lipinski definition) is 2. The Kier molecular flexibility index (Phi) is 4.07. The standard InChI is InChI=1S/C14H15ClO3/c15-13-3-1-2-12(6-13)14(9-16,10-17)7-11-4-5-18-8-11/h1-6,8,16-17H,7,9-10H2. The van der Waals surface area contributed by atoms with E-state index in [2.05, 4.69) is 0 Å². The van der Waals surface area contributed by atoms with Gasteiger partial charge in [0.15, 0.2) is 0 Å². The van der Waals surface area contributed by atoms with Gasteiger partial charge < -0.3 is 14.6 Å². The van der Waals surface area contributed by atoms with E-state index in [1.807, 2.05) is 18.2 Å². The lowest BCUT2D eigenvalue weighted by Crippen LogP contribution is -2.37. The van der Waals surface area contributed by atoms with Crippen LogP contribution in [-0.2, 0) is 11.8 Å². The molecule has 96 valence electrons. The summed E-state index contributed by atoms with van der Waals surface area (Å²) in [5, 5.41) is 20.0. The van der Waals surface area contributed by atoms with Crippen LogP contribution in [0.4, 0.5) is 0 Å². The molecular formula is C14H15ClO3. The Morgan fingerprint density at radius 3 is 2.50 bits per heavy atom. The SMILES string of the molecule is OCC(CO)(Cc1ccoc1)c1cccc(Cl)c1. The second-order valence-electron chi connectivity index (χ2n) is 4.42. The Bertz CT molecular complexity index is 490. The van der Waals surface area contributed by atoms with Crippen LogP contribution in [0.5, 0.6) is 0 Å². The van der Waals surface area contributed by atoms with E-state index >= 15 is 0 Å². The molecule has 0 spiro atoms. The Labute approximate surface area is 111 Å². The molecule has 0 aliphatic rings. The summed E-state index contributed by atoms with van der Waals surface area (Å²) in [5.41, 5.74) is 1.01. The first-order chi connectivity index (χ1) is 8.70. The van der Waals surface area contributed by atoms with Crippen LogP contribution in [0.3, 0.4) is 0 Å². The number of rotatable bonds is 5. The summed E-state index contributed by atoms with van der Waals surface area (Å²) in [5.74, 6) is 0. The number of aliphatic hydroxyl groups is 2. The van der Waals surface area contributed by atoms with Gasteiger partial charge in [0.2, 0.25) is 0 Å². The topological polar surface area (TPSA) is 53.6 Å². The van der Waals surface area contributed by atoms with Gasteiger partial charge in [-0.1, -0.05) is 23.7 Å². The fourth-order valence-corrected chi connectivity index (χ4v) is 2.24. The minimum atomic E-state index is -0.741. The number of halogens is 1. The van der Waals surface area contributed by atoms with Crippen LogP contribution in [0.25, 0.3) is 0 Å². The molecule has 2 N–H and O–H groups in total. The van der Waals surface area contributed by atoms with Crippen LogP contribution in [0, 0.1) is 0 Å². The Morgan fingerprint density at radius 1 is 1.17 bits per heavy atom. The quantitative estimate of drug-likeness (QED) is 0.874. The number of aliphatic hydroxyl groups excluding tert-OH is 2. The highest BCUT2D eigenvalue weighted by Crippen LogP contribution is 2.29. The molecule has 0 amide bonds. The van der Waals surface area contributed by atoms with E-state index in [1.165, 1.54) is 0 Å². The third kappa shape index (κ3) is 2.58. The van der Waals surface area contributed by atoms with Gasteiger partial charge in [-0.25, -0.2) is 0 Å². The molecule has 1 heterocycles. The van der Waals surface area contributed by atoms with Gasteiger partial charge in [-0.2, -0.15) is 0 Å². The predicted octanol–water partition coefficient (Wildman–Crippen LogP) is 2.40. The van der Waals surface area contributed by atoms with E-state index in [4.69, 9.17) is 16.0 Å². The van der Waals surface area contributed by atoms with Gasteiger partial charge in [-0.15, -0.1) is 0 Å². The fourth-order valence-electron chi connectivity index (χ4n) is 2.05. The van der Waals surface area contributed by atoms with E-state index in [0.717, 1.165) is 11.1 Å². The molecule has 0 saturated carbocycles. The summed E-state index contributed by atoms with van der Waals surface area (Å²) < 4.78 is 5.02. The second kappa shape index (κ2) is 5.57. The summed E-state index contributed by atoms with van der Waals surface area (Å²) in [6, 6.07) is 9.03. The molecule has 2 rings (SSSR count). The lowest BCUT2D eigenvalue weighted by Gasteiger charge is -2.30. The van der Waals surface area contributed by atoms with Crippen molar-refractivity contribution < 1.29 is 14.6 Å². The molecule has 1 aromatic carbocycles. The smallest absolute Gasteiger partial charge is 0.0934 e. The van der Waals surface area contributed by atoms with Crippen molar-refractivity contribution in [2.24, 2.45) is 0 Å². The van der Waals surface area contributed by atoms with Crippen molar-refractivity contribution in [2.45, 2.75) is 11.8 Å². The summed E-state index contributed by atoms with van der Waals surface area (Å²) in [7, 11) is 0. The Hall–Kier alpha value is -1.29. The van der Waals surface area contributed by atoms with Gasteiger partial charge in [0.05, 0.1) is 25.7 Å². The first-order valence-electron chi connectivity index (χ1n) is 5.69. The van der Waals surface area contributed by atoms with Crippen LogP contribution in [-0.4, -0.2) is 23.4 Å². The average Bonchev–Trinajstić information content (AvgIpc) is 2.89. The molecule has 0 radical (unpaired) electrons. The molecule has 18 heavy (non-hydrogen) atoms. The highest BCUT2D eigenvalue weighted by molar-refractivity contribution is 6.30. The van der Waals surface area contributed by atoms with E-state index < -0.39 is 5.41 Å². The third-order valence-electron chi connectivity index (χ3n) is 3.16. The Morgan fingerprint density at radius 2 is 1.94 bits per heavy atom. The maximum absolute atomic E-state index is 9.69. The van der Waals surface area contributed by atoms with E-state index in [-0.39, 0.29) is 13.2 Å². The first kappa shape index (κ1) is 13.1. The van der Waals surface area contributed by atoms with E-state index in [0.29, 0.717) is 11.4 Å². The van der Waals surface area contributed by atoms with Gasteiger partial charge in [-0.3, -0.25) is 0 Å². The van der Waals surface area contributed by atoms with Crippen LogP contribution in [0.2, 0.25) is 5.02 Å². The van der Waals surface area contributed by atoms with E-state index in [1.54, 1.807) is 24.7 Å². The molecule has 2 aromatic rings. The molecule has 3 nitrogen and oxygen atoms in total. The molecule has 0 aliphatic carbocycles. The minimum absolute atomic E-state index is 0.158. The van der Waals surface area contributed by atoms with Crippen LogP contribution >= 0.6 is 11.6 Å². The molecule has 4 heteroatoms. The average molecular weight is 267 g/mol. The van der Waals surface area contributed by atoms with Crippen LogP contribution in [0.15, 0.2) is 47.3 Å². The van der Waals surface area contributed by atoms with Crippen molar-refractivity contribution in [1.29, 1.82) is 0 Å². The summed E-state index contributed by atoms with van der Waals surface area (Å²) in [6.07, 6.45) is 3.69. The predicted molar refractivity (Wildman–Crippen MR) is 69.7 cm³/mol. The summed E-state index contributed by atoms with van der Waals surface area (Å²) in [6.45, 7) is -0.315. The lowest BCUT2D eigenvalue weighted by molar-refractivity contribution is 0.116. The number of furan rings is 1. The largest absolute Gasteiger partial charge is 0.472 e. The highest BCUT2D eigenvalue weighted by atomic mass is 35.5. The zero-order chi connectivity index (χ0) is 13.0. The molecule has 1 aromatic heterocycles. The number of benzene rings is 1. The molecule has 0 atom stereocenters. The minimum Gasteiger partial charge on any atom is -0.472 e.